The summed E-state index contributed by atoms with van der Waals surface area (Å²) in [6, 6.07) is 0.696. The highest BCUT2D eigenvalue weighted by molar-refractivity contribution is 4.94. The van der Waals surface area contributed by atoms with Crippen LogP contribution in [0, 0.1) is 5.92 Å². The molecular weight excluding hydrogens is 216 g/mol. The smallest absolute Gasteiger partial charge is 0.106 e. The Morgan fingerprint density at radius 2 is 2.29 bits per heavy atom. The first-order valence-corrected chi connectivity index (χ1v) is 6.90. The predicted molar refractivity (Wildman–Crippen MR) is 66.1 cm³/mol. The van der Waals surface area contributed by atoms with Crippen LogP contribution in [0.4, 0.5) is 0 Å². The maximum Gasteiger partial charge on any atom is 0.106 e. The Balaban J connectivity index is 1.53. The SMILES string of the molecule is COC1(CNC2CCN3CCC2C3)CCOC1. The van der Waals surface area contributed by atoms with Crippen LogP contribution in [-0.4, -0.2) is 63.0 Å². The van der Waals surface area contributed by atoms with Crippen LogP contribution in [0.3, 0.4) is 0 Å². The molecule has 3 rings (SSSR count). The topological polar surface area (TPSA) is 33.7 Å². The maximum absolute atomic E-state index is 5.67. The molecular formula is C13H24N2O2. The molecule has 3 saturated heterocycles. The number of fused-ring (bicyclic) bond motifs is 2. The van der Waals surface area contributed by atoms with Gasteiger partial charge in [-0.2, -0.15) is 0 Å². The first kappa shape index (κ1) is 11.9. The average molecular weight is 240 g/mol. The first-order chi connectivity index (χ1) is 8.31. The molecule has 0 aromatic heterocycles. The number of piperidine rings is 1. The number of hydrogen-bond acceptors (Lipinski definition) is 4. The lowest BCUT2D eigenvalue weighted by molar-refractivity contribution is -0.0195. The minimum absolute atomic E-state index is 0.0598. The van der Waals surface area contributed by atoms with Crippen LogP contribution in [0.1, 0.15) is 19.3 Å². The van der Waals surface area contributed by atoms with Crippen LogP contribution in [0.5, 0.6) is 0 Å². The highest BCUT2D eigenvalue weighted by Crippen LogP contribution is 2.28. The van der Waals surface area contributed by atoms with Gasteiger partial charge in [0, 0.05) is 39.3 Å². The third-order valence-corrected chi connectivity index (χ3v) is 4.82. The van der Waals surface area contributed by atoms with E-state index in [9.17, 15) is 0 Å². The average Bonchev–Trinajstić information content (AvgIpc) is 2.97. The summed E-state index contributed by atoms with van der Waals surface area (Å²) in [6.07, 6.45) is 3.69. The van der Waals surface area contributed by atoms with Crippen molar-refractivity contribution in [2.75, 3.05) is 46.5 Å². The van der Waals surface area contributed by atoms with Crippen LogP contribution in [0.25, 0.3) is 0 Å². The standard InChI is InChI=1S/C13H24N2O2/c1-16-13(4-7-17-10-13)9-14-12-3-6-15-5-2-11(12)8-15/h11-12,14H,2-10H2,1H3. The summed E-state index contributed by atoms with van der Waals surface area (Å²) in [5, 5.41) is 3.75. The Labute approximate surface area is 104 Å². The van der Waals surface area contributed by atoms with Crippen molar-refractivity contribution in [1.82, 2.24) is 10.2 Å². The molecule has 0 saturated carbocycles. The summed E-state index contributed by atoms with van der Waals surface area (Å²) >= 11 is 0. The second-order valence-corrected chi connectivity index (χ2v) is 5.82. The lowest BCUT2D eigenvalue weighted by Gasteiger charge is -2.34. The van der Waals surface area contributed by atoms with Gasteiger partial charge in [-0.3, -0.25) is 0 Å². The largest absolute Gasteiger partial charge is 0.378 e. The third kappa shape index (κ3) is 2.36. The molecule has 4 unspecified atom stereocenters. The third-order valence-electron chi connectivity index (χ3n) is 4.82. The summed E-state index contributed by atoms with van der Waals surface area (Å²) in [7, 11) is 1.81. The molecule has 4 atom stereocenters. The lowest BCUT2D eigenvalue weighted by atomic mass is 9.93. The molecule has 3 aliphatic heterocycles. The summed E-state index contributed by atoms with van der Waals surface area (Å²) in [4.78, 5) is 2.59. The molecule has 3 heterocycles. The van der Waals surface area contributed by atoms with Crippen LogP contribution in [0.15, 0.2) is 0 Å². The molecule has 1 N–H and O–H groups in total. The quantitative estimate of drug-likeness (QED) is 0.775. The summed E-state index contributed by atoms with van der Waals surface area (Å²) in [6.45, 7) is 6.42. The number of methoxy groups -OCH3 is 1. The monoisotopic (exact) mass is 240 g/mol. The van der Waals surface area contributed by atoms with Gasteiger partial charge in [-0.05, 0) is 31.8 Å². The molecule has 0 radical (unpaired) electrons. The molecule has 0 spiro atoms. The van der Waals surface area contributed by atoms with Crippen LogP contribution >= 0.6 is 0 Å². The molecule has 0 aliphatic carbocycles. The van der Waals surface area contributed by atoms with Gasteiger partial charge < -0.3 is 19.7 Å². The fraction of sp³-hybridized carbons (Fsp3) is 1.00. The Hall–Kier alpha value is -0.160. The molecule has 0 aromatic carbocycles. The zero-order valence-corrected chi connectivity index (χ0v) is 10.8. The molecule has 3 fully saturated rings. The van der Waals surface area contributed by atoms with Crippen molar-refractivity contribution in [3.8, 4) is 0 Å². The van der Waals surface area contributed by atoms with Gasteiger partial charge >= 0.3 is 0 Å². The number of rotatable bonds is 4. The fourth-order valence-corrected chi connectivity index (χ4v) is 3.50. The number of nitrogens with one attached hydrogen (secondary N) is 1. The molecule has 0 aromatic rings. The van der Waals surface area contributed by atoms with E-state index in [1.165, 1.54) is 32.5 Å². The lowest BCUT2D eigenvalue weighted by Crippen LogP contribution is -2.51. The van der Waals surface area contributed by atoms with Crippen molar-refractivity contribution >= 4 is 0 Å². The Morgan fingerprint density at radius 1 is 1.41 bits per heavy atom. The van der Waals surface area contributed by atoms with Crippen molar-refractivity contribution in [2.45, 2.75) is 30.9 Å². The highest BCUT2D eigenvalue weighted by atomic mass is 16.5. The van der Waals surface area contributed by atoms with E-state index in [0.717, 1.165) is 32.1 Å². The number of ether oxygens (including phenoxy) is 2. The number of nitrogens with zero attached hydrogens (tertiary/aromatic N) is 1. The zero-order chi connectivity index (χ0) is 11.7. The van der Waals surface area contributed by atoms with E-state index >= 15 is 0 Å². The Kier molecular flexibility index (Phi) is 3.39. The Morgan fingerprint density at radius 3 is 3.06 bits per heavy atom. The van der Waals surface area contributed by atoms with Gasteiger partial charge in [-0.25, -0.2) is 0 Å². The molecule has 0 amide bonds. The van der Waals surface area contributed by atoms with Crippen LogP contribution < -0.4 is 5.32 Å². The maximum atomic E-state index is 5.67. The van der Waals surface area contributed by atoms with Gasteiger partial charge in [0.2, 0.25) is 0 Å². The highest BCUT2D eigenvalue weighted by Gasteiger charge is 2.38. The van der Waals surface area contributed by atoms with Crippen molar-refractivity contribution in [2.24, 2.45) is 5.92 Å². The zero-order valence-electron chi connectivity index (χ0n) is 10.8. The van der Waals surface area contributed by atoms with Gasteiger partial charge in [-0.1, -0.05) is 0 Å². The minimum atomic E-state index is -0.0598. The second-order valence-electron chi connectivity index (χ2n) is 5.82. The normalized spacial score (nSPS) is 45.4. The minimum Gasteiger partial charge on any atom is -0.378 e. The molecule has 98 valence electrons. The van der Waals surface area contributed by atoms with E-state index in [1.807, 2.05) is 7.11 Å². The van der Waals surface area contributed by atoms with Crippen molar-refractivity contribution in [1.29, 1.82) is 0 Å². The first-order valence-electron chi connectivity index (χ1n) is 6.90. The molecule has 3 aliphatic rings. The van der Waals surface area contributed by atoms with E-state index in [0.29, 0.717) is 6.04 Å². The van der Waals surface area contributed by atoms with E-state index in [1.54, 1.807) is 0 Å². The van der Waals surface area contributed by atoms with Gasteiger partial charge in [-0.15, -0.1) is 0 Å². The van der Waals surface area contributed by atoms with Gasteiger partial charge in [0.25, 0.3) is 0 Å². The van der Waals surface area contributed by atoms with Gasteiger partial charge in [0.05, 0.1) is 6.61 Å². The molecule has 2 bridgehead atoms. The van der Waals surface area contributed by atoms with Gasteiger partial charge in [0.1, 0.15) is 5.60 Å². The summed E-state index contributed by atoms with van der Waals surface area (Å²) < 4.78 is 11.2. The molecule has 4 heteroatoms. The summed E-state index contributed by atoms with van der Waals surface area (Å²) in [5.74, 6) is 0.861. The predicted octanol–water partition coefficient (Wildman–Crippen LogP) is 0.476. The Bertz CT molecular complexity index is 266. The summed E-state index contributed by atoms with van der Waals surface area (Å²) in [5.41, 5.74) is -0.0598. The van der Waals surface area contributed by atoms with E-state index < -0.39 is 0 Å². The number of hydrogen-bond donors (Lipinski definition) is 1. The molecule has 17 heavy (non-hydrogen) atoms. The van der Waals surface area contributed by atoms with Crippen molar-refractivity contribution < 1.29 is 9.47 Å². The van der Waals surface area contributed by atoms with E-state index in [-0.39, 0.29) is 5.60 Å². The van der Waals surface area contributed by atoms with Crippen LogP contribution in [-0.2, 0) is 9.47 Å². The van der Waals surface area contributed by atoms with Crippen LogP contribution in [0.2, 0.25) is 0 Å². The van der Waals surface area contributed by atoms with Gasteiger partial charge in [0.15, 0.2) is 0 Å². The molecule has 4 nitrogen and oxygen atoms in total. The van der Waals surface area contributed by atoms with Crippen molar-refractivity contribution in [3.05, 3.63) is 0 Å². The van der Waals surface area contributed by atoms with E-state index in [2.05, 4.69) is 10.2 Å². The van der Waals surface area contributed by atoms with Crippen molar-refractivity contribution in [3.63, 3.8) is 0 Å². The second kappa shape index (κ2) is 4.84. The fourth-order valence-electron chi connectivity index (χ4n) is 3.50. The van der Waals surface area contributed by atoms with E-state index in [4.69, 9.17) is 9.47 Å².